The molecule has 1 atom stereocenters. The number of hydrogen-bond donors (Lipinski definition) is 2. The molecule has 0 radical (unpaired) electrons. The smallest absolute Gasteiger partial charge is 0.326 e. The summed E-state index contributed by atoms with van der Waals surface area (Å²) in [6.45, 7) is 2.95. The van der Waals surface area contributed by atoms with Crippen LogP contribution in [0.1, 0.15) is 54.9 Å². The second-order valence-electron chi connectivity index (χ2n) is 11.3. The van der Waals surface area contributed by atoms with Crippen LogP contribution in [-0.4, -0.2) is 39.6 Å². The highest BCUT2D eigenvalue weighted by Gasteiger charge is 2.21. The van der Waals surface area contributed by atoms with Gasteiger partial charge in [0.15, 0.2) is 5.82 Å². The van der Waals surface area contributed by atoms with Crippen LogP contribution in [0.2, 0.25) is 0 Å². The van der Waals surface area contributed by atoms with Gasteiger partial charge in [-0.3, -0.25) is 4.79 Å². The van der Waals surface area contributed by atoms with E-state index < -0.39 is 17.9 Å². The first-order valence-electron chi connectivity index (χ1n) is 15.8. The molecule has 1 aromatic heterocycles. The Morgan fingerprint density at radius 3 is 1.93 bits per heavy atom. The number of aliphatic carboxylic acids is 1. The Morgan fingerprint density at radius 2 is 1.28 bits per heavy atom. The number of aromatic nitrogens is 2. The molecular formula is C39H39N3O4. The quantitative estimate of drug-likeness (QED) is 0.115. The van der Waals surface area contributed by atoms with E-state index in [4.69, 9.17) is 4.74 Å². The number of nitrogens with one attached hydrogen (secondary N) is 1. The van der Waals surface area contributed by atoms with Crippen molar-refractivity contribution >= 4 is 11.9 Å². The molecule has 5 rings (SSSR count). The molecule has 4 aromatic carbocycles. The van der Waals surface area contributed by atoms with E-state index in [0.29, 0.717) is 11.4 Å². The molecule has 0 bridgehead atoms. The van der Waals surface area contributed by atoms with E-state index >= 15 is 0 Å². The lowest BCUT2D eigenvalue weighted by Crippen LogP contribution is -2.42. The Labute approximate surface area is 270 Å². The average Bonchev–Trinajstić information content (AvgIpc) is 3.10. The lowest BCUT2D eigenvalue weighted by atomic mass is 10.0. The maximum Gasteiger partial charge on any atom is 0.326 e. The highest BCUT2D eigenvalue weighted by atomic mass is 16.5. The summed E-state index contributed by atoms with van der Waals surface area (Å²) in [6, 6.07) is 31.3. The van der Waals surface area contributed by atoms with Gasteiger partial charge in [0.25, 0.3) is 5.91 Å². The zero-order valence-corrected chi connectivity index (χ0v) is 26.1. The number of carboxylic acids is 1. The standard InChI is InChI=1S/C39H39N3O4/c1-2-3-4-5-9-24-46-35-22-20-31(21-23-35)34-26-40-37(41-27-34)32-14-12-28(13-15-32)25-36(39(44)45)42-38(43)33-18-16-30(17-19-33)29-10-7-6-8-11-29/h6-8,10-23,26-27,36H,2-5,9,24-25H2,1H3,(H,42,43)(H,44,45). The van der Waals surface area contributed by atoms with Gasteiger partial charge in [-0.15, -0.1) is 0 Å². The number of carbonyl (C=O) groups is 2. The van der Waals surface area contributed by atoms with Crippen LogP contribution in [0.4, 0.5) is 0 Å². The van der Waals surface area contributed by atoms with E-state index in [1.165, 1.54) is 25.7 Å². The van der Waals surface area contributed by atoms with Crippen LogP contribution in [0, 0.1) is 0 Å². The molecule has 0 aliphatic rings. The summed E-state index contributed by atoms with van der Waals surface area (Å²) in [7, 11) is 0. The van der Waals surface area contributed by atoms with E-state index in [9.17, 15) is 14.7 Å². The van der Waals surface area contributed by atoms with Crippen molar-refractivity contribution in [2.45, 2.75) is 51.5 Å². The van der Waals surface area contributed by atoms with Gasteiger partial charge in [-0.1, -0.05) is 111 Å². The second-order valence-corrected chi connectivity index (χ2v) is 11.3. The highest BCUT2D eigenvalue weighted by Crippen LogP contribution is 2.24. The zero-order valence-electron chi connectivity index (χ0n) is 26.1. The van der Waals surface area contributed by atoms with Gasteiger partial charge >= 0.3 is 5.97 Å². The van der Waals surface area contributed by atoms with Crippen molar-refractivity contribution in [1.29, 1.82) is 0 Å². The minimum atomic E-state index is -1.10. The molecule has 234 valence electrons. The van der Waals surface area contributed by atoms with Crippen molar-refractivity contribution in [3.8, 4) is 39.4 Å². The molecule has 0 saturated heterocycles. The van der Waals surface area contributed by atoms with Crippen LogP contribution < -0.4 is 10.1 Å². The van der Waals surface area contributed by atoms with Crippen LogP contribution in [0.25, 0.3) is 33.6 Å². The highest BCUT2D eigenvalue weighted by molar-refractivity contribution is 5.97. The van der Waals surface area contributed by atoms with Crippen molar-refractivity contribution in [2.75, 3.05) is 6.61 Å². The number of carboxylic acid groups (broad SMARTS) is 1. The first-order valence-corrected chi connectivity index (χ1v) is 15.8. The third-order valence-corrected chi connectivity index (χ3v) is 7.87. The maximum atomic E-state index is 12.9. The Hall–Kier alpha value is -5.30. The summed E-state index contributed by atoms with van der Waals surface area (Å²) in [5.41, 5.74) is 5.92. The average molecular weight is 614 g/mol. The number of ether oxygens (including phenoxy) is 1. The number of benzene rings is 4. The molecule has 1 amide bonds. The lowest BCUT2D eigenvalue weighted by molar-refractivity contribution is -0.139. The van der Waals surface area contributed by atoms with Crippen LogP contribution in [0.3, 0.4) is 0 Å². The van der Waals surface area contributed by atoms with Gasteiger partial charge in [-0.2, -0.15) is 0 Å². The molecule has 0 spiro atoms. The number of carbonyl (C=O) groups excluding carboxylic acids is 1. The number of nitrogens with zero attached hydrogens (tertiary/aromatic N) is 2. The Morgan fingerprint density at radius 1 is 0.696 bits per heavy atom. The van der Waals surface area contributed by atoms with Gasteiger partial charge in [-0.25, -0.2) is 14.8 Å². The van der Waals surface area contributed by atoms with Gasteiger partial charge in [0.1, 0.15) is 11.8 Å². The summed E-state index contributed by atoms with van der Waals surface area (Å²) in [4.78, 5) is 34.0. The Balaban J connectivity index is 1.15. The maximum absolute atomic E-state index is 12.9. The fourth-order valence-electron chi connectivity index (χ4n) is 5.18. The summed E-state index contributed by atoms with van der Waals surface area (Å²) < 4.78 is 5.87. The predicted molar refractivity (Wildman–Crippen MR) is 182 cm³/mol. The molecule has 0 aliphatic heterocycles. The zero-order chi connectivity index (χ0) is 32.1. The van der Waals surface area contributed by atoms with Crippen molar-refractivity contribution in [3.63, 3.8) is 0 Å². The molecule has 0 aliphatic carbocycles. The third kappa shape index (κ3) is 8.88. The van der Waals surface area contributed by atoms with Gasteiger partial charge in [-0.05, 0) is 52.9 Å². The molecule has 0 fully saturated rings. The SMILES string of the molecule is CCCCCCCOc1ccc(-c2cnc(-c3ccc(CC(NC(=O)c4ccc(-c5ccccc5)cc4)C(=O)O)cc3)nc2)cc1. The number of amides is 1. The largest absolute Gasteiger partial charge is 0.494 e. The Bertz CT molecular complexity index is 1690. The fourth-order valence-corrected chi connectivity index (χ4v) is 5.18. The van der Waals surface area contributed by atoms with Gasteiger partial charge in [0.05, 0.1) is 6.61 Å². The molecular weight excluding hydrogens is 574 g/mol. The van der Waals surface area contributed by atoms with E-state index in [0.717, 1.165) is 52.2 Å². The second kappa shape index (κ2) is 16.1. The molecule has 5 aromatic rings. The van der Waals surface area contributed by atoms with E-state index in [-0.39, 0.29) is 6.42 Å². The molecule has 2 N–H and O–H groups in total. The summed E-state index contributed by atoms with van der Waals surface area (Å²) in [5, 5.41) is 12.5. The molecule has 46 heavy (non-hydrogen) atoms. The summed E-state index contributed by atoms with van der Waals surface area (Å²) in [5.74, 6) is -0.101. The predicted octanol–water partition coefficient (Wildman–Crippen LogP) is 8.25. The van der Waals surface area contributed by atoms with E-state index in [1.807, 2.05) is 91.0 Å². The third-order valence-electron chi connectivity index (χ3n) is 7.87. The van der Waals surface area contributed by atoms with Gasteiger partial charge in [0.2, 0.25) is 0 Å². The molecule has 0 saturated carbocycles. The van der Waals surface area contributed by atoms with Crippen molar-refractivity contribution in [3.05, 3.63) is 127 Å². The fraction of sp³-hybridized carbons (Fsp3) is 0.231. The van der Waals surface area contributed by atoms with Crippen LogP contribution in [0.5, 0.6) is 5.75 Å². The molecule has 7 heteroatoms. The van der Waals surface area contributed by atoms with E-state index in [2.05, 4.69) is 22.2 Å². The molecule has 1 heterocycles. The molecule has 1 unspecified atom stereocenters. The monoisotopic (exact) mass is 613 g/mol. The minimum absolute atomic E-state index is 0.141. The topological polar surface area (TPSA) is 101 Å². The first-order chi connectivity index (χ1) is 22.5. The van der Waals surface area contributed by atoms with Crippen LogP contribution >= 0.6 is 0 Å². The number of unbranched alkanes of at least 4 members (excludes halogenated alkanes) is 4. The number of rotatable bonds is 15. The van der Waals surface area contributed by atoms with Crippen LogP contribution in [-0.2, 0) is 11.2 Å². The summed E-state index contributed by atoms with van der Waals surface area (Å²) >= 11 is 0. The van der Waals surface area contributed by atoms with E-state index in [1.54, 1.807) is 24.5 Å². The van der Waals surface area contributed by atoms with Crippen molar-refractivity contribution in [2.24, 2.45) is 0 Å². The lowest BCUT2D eigenvalue weighted by Gasteiger charge is -2.15. The number of hydrogen-bond acceptors (Lipinski definition) is 5. The molecule has 7 nitrogen and oxygen atoms in total. The first kappa shape index (κ1) is 32.1. The van der Waals surface area contributed by atoms with Gasteiger partial charge in [0, 0.05) is 35.5 Å². The van der Waals surface area contributed by atoms with Crippen LogP contribution in [0.15, 0.2) is 116 Å². The van der Waals surface area contributed by atoms with Crippen molar-refractivity contribution in [1.82, 2.24) is 15.3 Å². The summed E-state index contributed by atoms with van der Waals surface area (Å²) in [6.07, 6.45) is 9.78. The normalized spacial score (nSPS) is 11.5. The van der Waals surface area contributed by atoms with Crippen molar-refractivity contribution < 1.29 is 19.4 Å². The van der Waals surface area contributed by atoms with Gasteiger partial charge < -0.3 is 15.2 Å². The Kier molecular flexibility index (Phi) is 11.3. The minimum Gasteiger partial charge on any atom is -0.494 e.